The number of guanidine groups is 1. The molecule has 0 fully saturated rings. The number of rotatable bonds is 31. The number of amides is 4. The van der Waals surface area contributed by atoms with Crippen LogP contribution in [0.2, 0.25) is 0 Å². The highest BCUT2D eigenvalue weighted by atomic mass is 16.6. The van der Waals surface area contributed by atoms with Crippen LogP contribution in [-0.4, -0.2) is 105 Å². The lowest BCUT2D eigenvalue weighted by molar-refractivity contribution is 0.0806. The van der Waals surface area contributed by atoms with Gasteiger partial charge in [0.05, 0.1) is 25.8 Å². The Morgan fingerprint density at radius 1 is 0.619 bits per heavy atom. The molecule has 0 unspecified atom stereocenters. The Kier molecular flexibility index (Phi) is 56.2. The minimum Gasteiger partial charge on any atom is -0.368 e. The molecule has 18 heteroatoms. The summed E-state index contributed by atoms with van der Waals surface area (Å²) < 4.78 is 13.6. The Balaban J connectivity index is -0.000000406. The van der Waals surface area contributed by atoms with Crippen LogP contribution in [0.4, 0.5) is 19.2 Å². The summed E-state index contributed by atoms with van der Waals surface area (Å²) in [6.07, 6.45) is 47.6. The van der Waals surface area contributed by atoms with Crippen LogP contribution in [0, 0.1) is 0 Å². The summed E-state index contributed by atoms with van der Waals surface area (Å²) in [7, 11) is 21.3. The van der Waals surface area contributed by atoms with Crippen LogP contribution in [0.5, 0.6) is 0 Å². The van der Waals surface area contributed by atoms with Gasteiger partial charge in [0.2, 0.25) is 37.3 Å². The molecule has 0 aromatic heterocycles. The van der Waals surface area contributed by atoms with Gasteiger partial charge in [-0.15, -0.1) is 0 Å². The molecule has 0 aliphatic carbocycles. The van der Waals surface area contributed by atoms with Gasteiger partial charge < -0.3 is 20.8 Å². The zero-order valence-electron chi connectivity index (χ0n) is 41.2. The molecule has 0 saturated heterocycles. The predicted molar refractivity (Wildman–Crippen MR) is 268 cm³/mol. The third-order valence-electron chi connectivity index (χ3n) is 8.31. The number of hydrogen-bond acceptors (Lipinski definition) is 8. The molecule has 0 spiro atoms. The first-order valence-corrected chi connectivity index (χ1v) is 22.5. The third kappa shape index (κ3) is 72.7. The highest BCUT2D eigenvalue weighted by Crippen LogP contribution is 2.09. The van der Waals surface area contributed by atoms with Crippen molar-refractivity contribution in [2.75, 3.05) is 27.3 Å². The second-order valence-corrected chi connectivity index (χ2v) is 14.1. The zero-order valence-corrected chi connectivity index (χ0v) is 39.2. The first-order valence-electron chi connectivity index (χ1n) is 23.5. The van der Waals surface area contributed by atoms with Crippen LogP contribution in [0.25, 0.3) is 0 Å². The van der Waals surface area contributed by atoms with Gasteiger partial charge in [0.25, 0.3) is 0 Å². The first-order chi connectivity index (χ1) is 31.2. The van der Waals surface area contributed by atoms with Gasteiger partial charge in [-0.05, 0) is 77.0 Å². The van der Waals surface area contributed by atoms with Crippen molar-refractivity contribution in [2.45, 2.75) is 168 Å². The van der Waals surface area contributed by atoms with Gasteiger partial charge in [0.15, 0.2) is 23.2 Å². The van der Waals surface area contributed by atoms with Crippen molar-refractivity contribution >= 4 is 73.2 Å². The fourth-order valence-corrected chi connectivity index (χ4v) is 4.82. The van der Waals surface area contributed by atoms with Gasteiger partial charge in [-0.2, -0.15) is 0 Å². The standard InChI is InChI=1S/C20H39N3O.C18H35NO.C4H4B2N2O2.C3H2B2N2O2/c1-3-4-5-6-7-8-9-10-11-12-13-14-15-16-17-18-19-24-23-20(21)22-2;1-2-3-4-5-6-7-8-9-10-11-12-13-14-15-16-17-18-20-19;1-8(4(6)10)2-7-3(5)9;4-2(8)6-1-7-3(5)9/h7-8,10-11H,3-6,9,12-19H2,1-2H3,(H3,21,22,23);6-7,9-10H,2-5,8,11-19H2,1H3;2H,1H3;1H,(H,6,7,8,9)/b8-7-,11-10-;7-6-,10-9-;;/i;;2T;1T. The van der Waals surface area contributed by atoms with Crippen LogP contribution < -0.4 is 22.4 Å². The number of hydrogen-bond donors (Lipinski definition) is 4. The summed E-state index contributed by atoms with van der Waals surface area (Å²) in [4.78, 5) is 60.2. The molecule has 0 rings (SSSR count). The number of nitrogens with one attached hydrogen (secondary N) is 2. The molecule has 63 heavy (non-hydrogen) atoms. The van der Waals surface area contributed by atoms with Crippen molar-refractivity contribution in [3.05, 3.63) is 48.6 Å². The van der Waals surface area contributed by atoms with Crippen LogP contribution in [0.15, 0.2) is 63.6 Å². The molecule has 0 heterocycles. The van der Waals surface area contributed by atoms with Crippen LogP contribution in [-0.2, 0) is 9.68 Å². The lowest BCUT2D eigenvalue weighted by atomic mass is 10.1. The number of amidine groups is 2. The highest BCUT2D eigenvalue weighted by molar-refractivity contribution is 6.60. The topological polar surface area (TPSA) is 203 Å². The summed E-state index contributed by atoms with van der Waals surface area (Å²) in [6.45, 7) is 5.89. The number of nitrogens with zero attached hydrogens (tertiary/aromatic N) is 4. The largest absolute Gasteiger partial charge is 0.368 e. The Hall–Kier alpha value is -4.01. The van der Waals surface area contributed by atoms with E-state index in [0.717, 1.165) is 25.7 Å². The number of aliphatic imine (C=N–C) groups is 3. The molecule has 0 aromatic carbocycles. The summed E-state index contributed by atoms with van der Waals surface area (Å²) in [5, 5.41) is 1.73. The predicted octanol–water partition coefficient (Wildman–Crippen LogP) is 9.66. The summed E-state index contributed by atoms with van der Waals surface area (Å²) >= 11 is 0. The SMILES string of the molecule is CCCCC/C=C\C/C=C\CCCCCCCCON.CCCCC/C=C\C/C=C\CCCCCCCCONC(N)=NC.[3H]C(=NC([B])=O)N(C)C([B])=O.[3H]C(=NC([B])=O)NC([B])=O. The minimum absolute atomic E-state index is 0.329. The van der Waals surface area contributed by atoms with E-state index in [2.05, 4.69) is 111 Å². The van der Waals surface area contributed by atoms with Gasteiger partial charge in [0, 0.05) is 14.1 Å². The normalized spacial score (nSPS) is 12.2. The molecule has 0 aliphatic rings. The van der Waals surface area contributed by atoms with Crippen molar-refractivity contribution in [3.8, 4) is 0 Å². The lowest BCUT2D eigenvalue weighted by Crippen LogP contribution is -2.31. The lowest BCUT2D eigenvalue weighted by Gasteiger charge is -2.05. The van der Waals surface area contributed by atoms with Gasteiger partial charge in [-0.1, -0.05) is 140 Å². The molecule has 6 N–H and O–H groups in total. The maximum Gasteiger partial charge on any atom is 0.212 e. The molecule has 4 amide bonds. The summed E-state index contributed by atoms with van der Waals surface area (Å²) in [5.74, 6) is 1.37. The minimum atomic E-state index is -1.06. The average Bonchev–Trinajstić information content (AvgIpc) is 3.25. The molecule has 348 valence electrons. The smallest absolute Gasteiger partial charge is 0.212 e. The van der Waals surface area contributed by atoms with Crippen molar-refractivity contribution < 1.29 is 31.6 Å². The number of unbranched alkanes of at least 4 members (excludes halogenated alkanes) is 18. The fourth-order valence-electron chi connectivity index (χ4n) is 4.82. The van der Waals surface area contributed by atoms with E-state index >= 15 is 0 Å². The number of carbonyl (C=O) groups excluding carboxylic acids is 4. The molecule has 0 saturated carbocycles. The van der Waals surface area contributed by atoms with E-state index < -0.39 is 35.9 Å². The van der Waals surface area contributed by atoms with E-state index in [9.17, 15) is 19.2 Å². The van der Waals surface area contributed by atoms with E-state index in [4.69, 9.17) is 27.1 Å². The maximum atomic E-state index is 10.3. The average molecular weight is 876 g/mol. The number of hydroxylamine groups is 1. The van der Waals surface area contributed by atoms with Gasteiger partial charge >= 0.3 is 0 Å². The molecule has 0 aromatic rings. The summed E-state index contributed by atoms with van der Waals surface area (Å²) in [5.41, 5.74) is 8.05. The van der Waals surface area contributed by atoms with Crippen molar-refractivity contribution in [3.63, 3.8) is 0 Å². The second-order valence-electron chi connectivity index (χ2n) is 14.1. The molecule has 0 bridgehead atoms. The third-order valence-corrected chi connectivity index (χ3v) is 8.31. The summed E-state index contributed by atoms with van der Waals surface area (Å²) in [6, 6.07) is 0. The van der Waals surface area contributed by atoms with Crippen molar-refractivity contribution in [1.82, 2.24) is 15.7 Å². The van der Waals surface area contributed by atoms with Crippen molar-refractivity contribution in [1.29, 1.82) is 0 Å². The van der Waals surface area contributed by atoms with Crippen LogP contribution >= 0.6 is 0 Å². The van der Waals surface area contributed by atoms with Gasteiger partial charge in [0.1, 0.15) is 2.74 Å². The number of carbonyl (C=O) groups is 4. The van der Waals surface area contributed by atoms with E-state index in [0.29, 0.717) is 24.1 Å². The van der Waals surface area contributed by atoms with Crippen LogP contribution in [0.1, 0.15) is 171 Å². The maximum absolute atomic E-state index is 10.3. The first kappa shape index (κ1) is 61.1. The molecular weight excluding hydrogens is 792 g/mol. The van der Waals surface area contributed by atoms with E-state index in [1.54, 1.807) is 12.4 Å². The van der Waals surface area contributed by atoms with E-state index in [-0.39, 0.29) is 0 Å². The van der Waals surface area contributed by atoms with Gasteiger partial charge in [-0.3, -0.25) is 29.0 Å². The molecule has 14 nitrogen and oxygen atoms in total. The van der Waals surface area contributed by atoms with E-state index in [1.165, 1.54) is 135 Å². The highest BCUT2D eigenvalue weighted by Gasteiger charge is 1.96. The monoisotopic (exact) mass is 877 g/mol. The van der Waals surface area contributed by atoms with Gasteiger partial charge in [-0.25, -0.2) is 21.4 Å². The fraction of sp³-hybridized carbons (Fsp3) is 0.667. The quantitative estimate of drug-likeness (QED) is 0.0131. The molecule has 0 atom stereocenters. The molecular formula is C45H80B4N8O6. The van der Waals surface area contributed by atoms with Crippen LogP contribution in [0.3, 0.4) is 0 Å². The second kappa shape index (κ2) is 58.0. The Morgan fingerprint density at radius 3 is 1.38 bits per heavy atom. The molecule has 0 aliphatic heterocycles. The molecule has 8 radical (unpaired) electrons. The Labute approximate surface area is 389 Å². The Bertz CT molecular complexity index is 1390. The van der Waals surface area contributed by atoms with Crippen molar-refractivity contribution in [2.24, 2.45) is 26.6 Å². The van der Waals surface area contributed by atoms with E-state index in [1.807, 2.05) is 0 Å². The number of nitrogens with two attached hydrogens (primary N) is 2. The Morgan fingerprint density at radius 2 is 1.02 bits per heavy atom. The number of allylic oxidation sites excluding steroid dienone is 8. The zero-order chi connectivity index (χ0) is 49.6.